The number of oxazole rings is 1. The normalized spacial score (nSPS) is 18.2. The lowest BCUT2D eigenvalue weighted by Gasteiger charge is -2.25. The standard InChI is InChI=1S/C26H31N3O3/c1-17(2)8-15-24(30)27-20-13-14-21(16-20)29(3)26(31)19-11-9-18(10-12-19)25-28-22-6-4-5-7-23(22)32-25/h4-7,9-12,17,20-21H,8,13-16H2,1-3H3,(H,27,30). The first-order chi connectivity index (χ1) is 15.4. The zero-order valence-electron chi connectivity index (χ0n) is 19.0. The summed E-state index contributed by atoms with van der Waals surface area (Å²) >= 11 is 0. The lowest BCUT2D eigenvalue weighted by atomic mass is 10.1. The SMILES string of the molecule is CC(C)CCC(=O)NC1CCC(N(C)C(=O)c2ccc(-c3nc4ccccc4o3)cc2)C1. The van der Waals surface area contributed by atoms with E-state index in [9.17, 15) is 9.59 Å². The second-order valence-corrected chi connectivity index (χ2v) is 9.14. The van der Waals surface area contributed by atoms with E-state index < -0.39 is 0 Å². The molecule has 0 radical (unpaired) electrons. The molecule has 2 aromatic carbocycles. The highest BCUT2D eigenvalue weighted by Crippen LogP contribution is 2.27. The molecule has 4 rings (SSSR count). The fourth-order valence-electron chi connectivity index (χ4n) is 4.28. The van der Waals surface area contributed by atoms with E-state index >= 15 is 0 Å². The number of carbonyl (C=O) groups excluding carboxylic acids is 2. The molecule has 3 aromatic rings. The van der Waals surface area contributed by atoms with Crippen molar-refractivity contribution in [3.8, 4) is 11.5 Å². The lowest BCUT2D eigenvalue weighted by Crippen LogP contribution is -2.38. The summed E-state index contributed by atoms with van der Waals surface area (Å²) in [5.74, 6) is 1.18. The maximum Gasteiger partial charge on any atom is 0.253 e. The second-order valence-electron chi connectivity index (χ2n) is 9.14. The number of nitrogens with one attached hydrogen (secondary N) is 1. The number of rotatable bonds is 7. The lowest BCUT2D eigenvalue weighted by molar-refractivity contribution is -0.122. The average molecular weight is 434 g/mol. The molecule has 1 N–H and O–H groups in total. The van der Waals surface area contributed by atoms with Gasteiger partial charge in [0, 0.05) is 36.7 Å². The van der Waals surface area contributed by atoms with Crippen LogP contribution in [0.2, 0.25) is 0 Å². The molecule has 1 aliphatic rings. The van der Waals surface area contributed by atoms with Crippen molar-refractivity contribution in [2.45, 2.75) is 58.0 Å². The van der Waals surface area contributed by atoms with Crippen molar-refractivity contribution < 1.29 is 14.0 Å². The second kappa shape index (κ2) is 9.55. The van der Waals surface area contributed by atoms with Gasteiger partial charge in [-0.1, -0.05) is 26.0 Å². The van der Waals surface area contributed by atoms with Crippen LogP contribution < -0.4 is 5.32 Å². The van der Waals surface area contributed by atoms with Gasteiger partial charge in [-0.25, -0.2) is 4.98 Å². The van der Waals surface area contributed by atoms with Crippen LogP contribution in [0, 0.1) is 5.92 Å². The van der Waals surface area contributed by atoms with Crippen molar-refractivity contribution in [3.63, 3.8) is 0 Å². The molecule has 168 valence electrons. The molecule has 1 heterocycles. The molecule has 0 saturated heterocycles. The number of amides is 2. The summed E-state index contributed by atoms with van der Waals surface area (Å²) in [6.07, 6.45) is 4.08. The Morgan fingerprint density at radius 2 is 1.88 bits per heavy atom. The van der Waals surface area contributed by atoms with E-state index in [1.54, 1.807) is 0 Å². The van der Waals surface area contributed by atoms with Crippen LogP contribution in [0.4, 0.5) is 0 Å². The Labute approximate surface area is 189 Å². The van der Waals surface area contributed by atoms with E-state index in [-0.39, 0.29) is 23.9 Å². The highest BCUT2D eigenvalue weighted by atomic mass is 16.3. The predicted octanol–water partition coefficient (Wildman–Crippen LogP) is 5.04. The van der Waals surface area contributed by atoms with Gasteiger partial charge in [0.15, 0.2) is 5.58 Å². The first kappa shape index (κ1) is 22.1. The smallest absolute Gasteiger partial charge is 0.253 e. The minimum absolute atomic E-state index is 0.00843. The van der Waals surface area contributed by atoms with Gasteiger partial charge in [0.05, 0.1) is 0 Å². The number of hydrogen-bond donors (Lipinski definition) is 1. The quantitative estimate of drug-likeness (QED) is 0.566. The molecule has 6 heteroatoms. The number of para-hydroxylation sites is 2. The van der Waals surface area contributed by atoms with E-state index in [1.807, 2.05) is 60.5 Å². The average Bonchev–Trinajstić information content (AvgIpc) is 3.44. The van der Waals surface area contributed by atoms with Crippen LogP contribution in [0.3, 0.4) is 0 Å². The largest absolute Gasteiger partial charge is 0.436 e. The Morgan fingerprint density at radius 1 is 1.12 bits per heavy atom. The predicted molar refractivity (Wildman–Crippen MR) is 125 cm³/mol. The molecule has 6 nitrogen and oxygen atoms in total. The van der Waals surface area contributed by atoms with E-state index in [0.717, 1.165) is 42.3 Å². The molecule has 2 unspecified atom stereocenters. The van der Waals surface area contributed by atoms with Gasteiger partial charge in [0.1, 0.15) is 5.52 Å². The minimum atomic E-state index is -0.00843. The van der Waals surface area contributed by atoms with Crippen LogP contribution in [0.25, 0.3) is 22.6 Å². The Kier molecular flexibility index (Phi) is 6.58. The van der Waals surface area contributed by atoms with Crippen molar-refractivity contribution in [2.75, 3.05) is 7.05 Å². The third-order valence-corrected chi connectivity index (χ3v) is 6.26. The molecule has 32 heavy (non-hydrogen) atoms. The summed E-state index contributed by atoms with van der Waals surface area (Å²) in [6, 6.07) is 15.3. The number of hydrogen-bond acceptors (Lipinski definition) is 4. The zero-order valence-corrected chi connectivity index (χ0v) is 19.0. The summed E-state index contributed by atoms with van der Waals surface area (Å²) in [5, 5.41) is 3.14. The van der Waals surface area contributed by atoms with Crippen molar-refractivity contribution in [2.24, 2.45) is 5.92 Å². The molecule has 1 fully saturated rings. The van der Waals surface area contributed by atoms with E-state index in [2.05, 4.69) is 24.1 Å². The maximum absolute atomic E-state index is 13.0. The van der Waals surface area contributed by atoms with E-state index in [1.165, 1.54) is 0 Å². The molecule has 1 aromatic heterocycles. The number of fused-ring (bicyclic) bond motifs is 1. The maximum atomic E-state index is 13.0. The van der Waals surface area contributed by atoms with Crippen LogP contribution >= 0.6 is 0 Å². The number of nitrogens with zero attached hydrogens (tertiary/aromatic N) is 2. The topological polar surface area (TPSA) is 75.4 Å². The van der Waals surface area contributed by atoms with Gasteiger partial charge in [-0.2, -0.15) is 0 Å². The molecule has 2 atom stereocenters. The fraction of sp³-hybridized carbons (Fsp3) is 0.423. The first-order valence-corrected chi connectivity index (χ1v) is 11.4. The van der Waals surface area contributed by atoms with Crippen LogP contribution in [0.15, 0.2) is 52.9 Å². The molecule has 0 spiro atoms. The Balaban J connectivity index is 1.35. The van der Waals surface area contributed by atoms with Crippen molar-refractivity contribution in [1.29, 1.82) is 0 Å². The van der Waals surface area contributed by atoms with Gasteiger partial charge < -0.3 is 14.6 Å². The summed E-state index contributed by atoms with van der Waals surface area (Å²) < 4.78 is 5.82. The van der Waals surface area contributed by atoms with Gasteiger partial charge >= 0.3 is 0 Å². The Bertz CT molecular complexity index is 1050. The van der Waals surface area contributed by atoms with Crippen LogP contribution in [-0.2, 0) is 4.79 Å². The third-order valence-electron chi connectivity index (χ3n) is 6.26. The summed E-state index contributed by atoms with van der Waals surface area (Å²) in [7, 11) is 1.85. The van der Waals surface area contributed by atoms with E-state index in [0.29, 0.717) is 23.8 Å². The monoisotopic (exact) mass is 433 g/mol. The summed E-state index contributed by atoms with van der Waals surface area (Å²) in [4.78, 5) is 31.5. The van der Waals surface area contributed by atoms with Crippen molar-refractivity contribution >= 4 is 22.9 Å². The Hall–Kier alpha value is -3.15. The molecular weight excluding hydrogens is 402 g/mol. The highest BCUT2D eigenvalue weighted by Gasteiger charge is 2.31. The highest BCUT2D eigenvalue weighted by molar-refractivity contribution is 5.94. The van der Waals surface area contributed by atoms with Crippen molar-refractivity contribution in [3.05, 3.63) is 54.1 Å². The minimum Gasteiger partial charge on any atom is -0.436 e. The van der Waals surface area contributed by atoms with Gasteiger partial charge in [0.2, 0.25) is 11.8 Å². The zero-order chi connectivity index (χ0) is 22.7. The number of benzene rings is 2. The molecule has 0 aliphatic heterocycles. The number of aromatic nitrogens is 1. The van der Waals surface area contributed by atoms with Gasteiger partial charge in [-0.15, -0.1) is 0 Å². The van der Waals surface area contributed by atoms with Crippen LogP contribution in [0.5, 0.6) is 0 Å². The Morgan fingerprint density at radius 3 is 2.59 bits per heavy atom. The molecule has 1 aliphatic carbocycles. The molecule has 1 saturated carbocycles. The van der Waals surface area contributed by atoms with Crippen LogP contribution in [-0.4, -0.2) is 40.8 Å². The summed E-state index contributed by atoms with van der Waals surface area (Å²) in [6.45, 7) is 4.25. The van der Waals surface area contributed by atoms with Gasteiger partial charge in [-0.3, -0.25) is 9.59 Å². The van der Waals surface area contributed by atoms with Gasteiger partial charge in [0.25, 0.3) is 5.91 Å². The molecule has 0 bridgehead atoms. The van der Waals surface area contributed by atoms with Crippen molar-refractivity contribution in [1.82, 2.24) is 15.2 Å². The van der Waals surface area contributed by atoms with Gasteiger partial charge in [-0.05, 0) is 68.0 Å². The first-order valence-electron chi connectivity index (χ1n) is 11.4. The van der Waals surface area contributed by atoms with E-state index in [4.69, 9.17) is 4.42 Å². The summed E-state index contributed by atoms with van der Waals surface area (Å²) in [5.41, 5.74) is 3.03. The van der Waals surface area contributed by atoms with Crippen LogP contribution in [0.1, 0.15) is 56.3 Å². The third kappa shape index (κ3) is 5.01. The number of carbonyl (C=O) groups is 2. The molecule has 2 amide bonds. The fourth-order valence-corrected chi connectivity index (χ4v) is 4.28. The molecular formula is C26H31N3O3.